The maximum Gasteiger partial charge on any atom is 0.303 e. The second-order valence-electron chi connectivity index (χ2n) is 7.78. The Morgan fingerprint density at radius 3 is 2.33 bits per heavy atom. The van der Waals surface area contributed by atoms with E-state index in [1.165, 1.54) is 25.7 Å². The molecule has 1 fully saturated rings. The highest BCUT2D eigenvalue weighted by Crippen LogP contribution is 2.42. The number of aliphatic carboxylic acids is 1. The summed E-state index contributed by atoms with van der Waals surface area (Å²) in [6.07, 6.45) is 10.9. The maximum atomic E-state index is 10.5. The average Bonchev–Trinajstić information content (AvgIpc) is 2.80. The van der Waals surface area contributed by atoms with E-state index in [4.69, 9.17) is 5.11 Å². The predicted molar refractivity (Wildman–Crippen MR) is 96.9 cm³/mol. The molecular weight excluding hydrogens is 304 g/mol. The third-order valence-corrected chi connectivity index (χ3v) is 5.76. The Morgan fingerprint density at radius 1 is 1.00 bits per heavy atom. The fraction of sp³-hybridized carbons (Fsp3) is 0.950. The van der Waals surface area contributed by atoms with Crippen LogP contribution in [0.5, 0.6) is 0 Å². The molecule has 0 aliphatic heterocycles. The van der Waals surface area contributed by atoms with Crippen molar-refractivity contribution in [2.45, 2.75) is 103 Å². The standard InChI is InChI=1S/C20H38O4/c1-3-4-5-8-11-15(2)20-16(17(21)14-18(20)22)12-9-6-7-10-13-19(23)24/h15-18,20-22H,3-14H2,1-2H3,(H,23,24)/t15?,16-,17-,18+,20+/m0/s1. The molecular formula is C20H38O4. The Kier molecular flexibility index (Phi) is 10.6. The van der Waals surface area contributed by atoms with Crippen LogP contribution in [0, 0.1) is 17.8 Å². The van der Waals surface area contributed by atoms with Gasteiger partial charge in [-0.3, -0.25) is 4.79 Å². The Balaban J connectivity index is 2.34. The first kappa shape index (κ1) is 21.4. The number of hydrogen-bond donors (Lipinski definition) is 3. The number of aliphatic hydroxyl groups excluding tert-OH is 2. The lowest BCUT2D eigenvalue weighted by Crippen LogP contribution is -2.28. The van der Waals surface area contributed by atoms with Crippen LogP contribution in [0.25, 0.3) is 0 Å². The van der Waals surface area contributed by atoms with Crippen LogP contribution in [0.15, 0.2) is 0 Å². The lowest BCUT2D eigenvalue weighted by molar-refractivity contribution is -0.137. The number of carbonyl (C=O) groups is 1. The van der Waals surface area contributed by atoms with E-state index in [1.807, 2.05) is 0 Å². The van der Waals surface area contributed by atoms with Crippen molar-refractivity contribution in [3.8, 4) is 0 Å². The Labute approximate surface area is 147 Å². The fourth-order valence-corrected chi connectivity index (χ4v) is 4.40. The first-order chi connectivity index (χ1) is 11.5. The van der Waals surface area contributed by atoms with Crippen molar-refractivity contribution in [3.63, 3.8) is 0 Å². The third kappa shape index (κ3) is 7.52. The van der Waals surface area contributed by atoms with Crippen molar-refractivity contribution in [2.75, 3.05) is 0 Å². The van der Waals surface area contributed by atoms with Crippen molar-refractivity contribution >= 4 is 5.97 Å². The van der Waals surface area contributed by atoms with Crippen LogP contribution in [0.4, 0.5) is 0 Å². The number of hydrogen-bond acceptors (Lipinski definition) is 3. The highest BCUT2D eigenvalue weighted by molar-refractivity contribution is 5.66. The molecule has 3 N–H and O–H groups in total. The predicted octanol–water partition coefficient (Wildman–Crippen LogP) is 4.38. The normalized spacial score (nSPS) is 28.2. The molecule has 0 amide bonds. The zero-order valence-corrected chi connectivity index (χ0v) is 15.6. The van der Waals surface area contributed by atoms with Crippen LogP contribution in [0.1, 0.15) is 90.9 Å². The molecule has 0 aromatic heterocycles. The zero-order valence-electron chi connectivity index (χ0n) is 15.6. The van der Waals surface area contributed by atoms with Crippen molar-refractivity contribution in [3.05, 3.63) is 0 Å². The van der Waals surface area contributed by atoms with Gasteiger partial charge in [-0.05, 0) is 37.0 Å². The Hall–Kier alpha value is -0.610. The first-order valence-electron chi connectivity index (χ1n) is 10.0. The largest absolute Gasteiger partial charge is 0.481 e. The lowest BCUT2D eigenvalue weighted by atomic mass is 9.78. The second kappa shape index (κ2) is 11.9. The molecule has 1 rings (SSSR count). The summed E-state index contributed by atoms with van der Waals surface area (Å²) in [5.74, 6) is 0.175. The SMILES string of the molecule is CCCCCCC(C)[C@@H]1[C@@H](CCCCCCC(=O)O)[C@@H](O)C[C@H]1O. The first-order valence-corrected chi connectivity index (χ1v) is 10.0. The van der Waals surface area contributed by atoms with Crippen LogP contribution < -0.4 is 0 Å². The molecule has 0 spiro atoms. The van der Waals surface area contributed by atoms with Crippen LogP contribution in [0.3, 0.4) is 0 Å². The van der Waals surface area contributed by atoms with Crippen molar-refractivity contribution < 1.29 is 20.1 Å². The smallest absolute Gasteiger partial charge is 0.303 e. The van der Waals surface area contributed by atoms with Gasteiger partial charge < -0.3 is 15.3 Å². The molecule has 4 heteroatoms. The number of rotatable bonds is 13. The summed E-state index contributed by atoms with van der Waals surface area (Å²) in [6, 6.07) is 0. The number of unbranched alkanes of at least 4 members (excludes halogenated alkanes) is 6. The van der Waals surface area contributed by atoms with Gasteiger partial charge in [0.1, 0.15) is 0 Å². The van der Waals surface area contributed by atoms with E-state index in [1.54, 1.807) is 0 Å². The van der Waals surface area contributed by atoms with Crippen LogP contribution in [-0.2, 0) is 4.79 Å². The highest BCUT2D eigenvalue weighted by atomic mass is 16.4. The molecule has 4 nitrogen and oxygen atoms in total. The zero-order chi connectivity index (χ0) is 17.9. The van der Waals surface area contributed by atoms with E-state index >= 15 is 0 Å². The van der Waals surface area contributed by atoms with Gasteiger partial charge in [-0.1, -0.05) is 65.2 Å². The van der Waals surface area contributed by atoms with Gasteiger partial charge in [-0.15, -0.1) is 0 Å². The Morgan fingerprint density at radius 2 is 1.67 bits per heavy atom. The van der Waals surface area contributed by atoms with Crippen LogP contribution in [-0.4, -0.2) is 33.5 Å². The average molecular weight is 343 g/mol. The summed E-state index contributed by atoms with van der Waals surface area (Å²) >= 11 is 0. The van der Waals surface area contributed by atoms with Gasteiger partial charge in [0.2, 0.25) is 0 Å². The summed E-state index contributed by atoms with van der Waals surface area (Å²) in [5, 5.41) is 29.4. The maximum absolute atomic E-state index is 10.5. The summed E-state index contributed by atoms with van der Waals surface area (Å²) in [6.45, 7) is 4.45. The topological polar surface area (TPSA) is 77.8 Å². The molecule has 0 aromatic rings. The minimum atomic E-state index is -0.721. The van der Waals surface area contributed by atoms with Crippen molar-refractivity contribution in [1.82, 2.24) is 0 Å². The van der Waals surface area contributed by atoms with Gasteiger partial charge in [-0.25, -0.2) is 0 Å². The second-order valence-corrected chi connectivity index (χ2v) is 7.78. The minimum absolute atomic E-state index is 0.209. The summed E-state index contributed by atoms with van der Waals surface area (Å²) < 4.78 is 0. The van der Waals surface area contributed by atoms with Crippen molar-refractivity contribution in [1.29, 1.82) is 0 Å². The molecule has 142 valence electrons. The summed E-state index contributed by atoms with van der Waals surface area (Å²) in [5.41, 5.74) is 0. The van der Waals surface area contributed by atoms with Gasteiger partial charge in [0.15, 0.2) is 0 Å². The van der Waals surface area contributed by atoms with Crippen LogP contribution in [0.2, 0.25) is 0 Å². The summed E-state index contributed by atoms with van der Waals surface area (Å²) in [4.78, 5) is 10.5. The molecule has 1 aliphatic carbocycles. The lowest BCUT2D eigenvalue weighted by Gasteiger charge is -2.29. The van der Waals surface area contributed by atoms with Gasteiger partial charge in [0.05, 0.1) is 12.2 Å². The van der Waals surface area contributed by atoms with Gasteiger partial charge in [0, 0.05) is 6.42 Å². The van der Waals surface area contributed by atoms with Gasteiger partial charge in [-0.2, -0.15) is 0 Å². The molecule has 5 atom stereocenters. The molecule has 1 aliphatic rings. The molecule has 24 heavy (non-hydrogen) atoms. The number of aliphatic hydroxyl groups is 2. The van der Waals surface area contributed by atoms with Crippen molar-refractivity contribution in [2.24, 2.45) is 17.8 Å². The number of carboxylic acid groups (broad SMARTS) is 1. The number of carboxylic acids is 1. The molecule has 0 heterocycles. The molecule has 0 aromatic carbocycles. The quantitative estimate of drug-likeness (QED) is 0.434. The van der Waals surface area contributed by atoms with E-state index in [2.05, 4.69) is 13.8 Å². The van der Waals surface area contributed by atoms with E-state index in [0.717, 1.165) is 38.5 Å². The van der Waals surface area contributed by atoms with E-state index in [0.29, 0.717) is 12.3 Å². The monoisotopic (exact) mass is 342 g/mol. The highest BCUT2D eigenvalue weighted by Gasteiger charge is 2.43. The van der Waals surface area contributed by atoms with E-state index in [-0.39, 0.29) is 30.5 Å². The molecule has 0 bridgehead atoms. The van der Waals surface area contributed by atoms with Gasteiger partial charge in [0.25, 0.3) is 0 Å². The van der Waals surface area contributed by atoms with E-state index < -0.39 is 5.97 Å². The molecule has 0 radical (unpaired) electrons. The molecule has 0 saturated heterocycles. The Bertz CT molecular complexity index is 345. The summed E-state index contributed by atoms with van der Waals surface area (Å²) in [7, 11) is 0. The van der Waals surface area contributed by atoms with Crippen LogP contribution >= 0.6 is 0 Å². The minimum Gasteiger partial charge on any atom is -0.481 e. The third-order valence-electron chi connectivity index (χ3n) is 5.76. The van der Waals surface area contributed by atoms with Gasteiger partial charge >= 0.3 is 5.97 Å². The molecule has 1 unspecified atom stereocenters. The fourth-order valence-electron chi connectivity index (χ4n) is 4.40. The van der Waals surface area contributed by atoms with E-state index in [9.17, 15) is 15.0 Å². The molecule has 1 saturated carbocycles.